The molecule has 0 bridgehead atoms. The van der Waals surface area contributed by atoms with E-state index in [1.54, 1.807) is 18.2 Å². The molecule has 0 radical (unpaired) electrons. The molecule has 8 heteroatoms. The molecule has 0 amide bonds. The lowest BCUT2D eigenvalue weighted by molar-refractivity contribution is 0.0134. The maximum absolute atomic E-state index is 12.8. The van der Waals surface area contributed by atoms with Crippen molar-refractivity contribution in [1.82, 2.24) is 9.62 Å². The molecule has 1 atom stereocenters. The van der Waals surface area contributed by atoms with Crippen molar-refractivity contribution in [3.63, 3.8) is 0 Å². The van der Waals surface area contributed by atoms with Gasteiger partial charge in [-0.3, -0.25) is 4.90 Å². The SMILES string of the molecule is CC(C)C[C@H](CNS(=O)(=O)c1ccc2c(c1)OCCCO2)N1CCOCC1. The summed E-state index contributed by atoms with van der Waals surface area (Å²) in [5.41, 5.74) is 0. The fourth-order valence-corrected chi connectivity index (χ4v) is 4.54. The van der Waals surface area contributed by atoms with E-state index in [1.807, 2.05) is 0 Å². The smallest absolute Gasteiger partial charge is 0.240 e. The number of rotatable bonds is 7. The van der Waals surface area contributed by atoms with Crippen LogP contribution in [-0.2, 0) is 14.8 Å². The van der Waals surface area contributed by atoms with Crippen LogP contribution < -0.4 is 14.2 Å². The summed E-state index contributed by atoms with van der Waals surface area (Å²) in [6.45, 7) is 8.87. The summed E-state index contributed by atoms with van der Waals surface area (Å²) in [5, 5.41) is 0. The molecule has 2 heterocycles. The Morgan fingerprint density at radius 2 is 1.78 bits per heavy atom. The average Bonchev–Trinajstić information content (AvgIpc) is 2.90. The molecule has 2 aliphatic heterocycles. The van der Waals surface area contributed by atoms with Crippen LogP contribution in [-0.4, -0.2) is 65.4 Å². The summed E-state index contributed by atoms with van der Waals surface area (Å²) < 4.78 is 45.1. The summed E-state index contributed by atoms with van der Waals surface area (Å²) in [5.74, 6) is 1.57. The van der Waals surface area contributed by atoms with Crippen molar-refractivity contribution in [2.45, 2.75) is 37.6 Å². The van der Waals surface area contributed by atoms with Gasteiger partial charge in [0.2, 0.25) is 10.0 Å². The second kappa shape index (κ2) is 9.23. The Labute approximate surface area is 162 Å². The van der Waals surface area contributed by atoms with E-state index in [9.17, 15) is 8.42 Å². The lowest BCUT2D eigenvalue weighted by Crippen LogP contribution is -2.49. The van der Waals surface area contributed by atoms with E-state index in [-0.39, 0.29) is 10.9 Å². The van der Waals surface area contributed by atoms with Gasteiger partial charge in [0.1, 0.15) is 0 Å². The molecule has 2 aliphatic rings. The number of sulfonamides is 1. The van der Waals surface area contributed by atoms with Crippen LogP contribution in [0.4, 0.5) is 0 Å². The number of nitrogens with zero attached hydrogens (tertiary/aromatic N) is 1. The number of benzene rings is 1. The number of nitrogens with one attached hydrogen (secondary N) is 1. The van der Waals surface area contributed by atoms with E-state index in [4.69, 9.17) is 14.2 Å². The summed E-state index contributed by atoms with van der Waals surface area (Å²) in [7, 11) is -3.62. The van der Waals surface area contributed by atoms with Crippen LogP contribution >= 0.6 is 0 Å². The van der Waals surface area contributed by atoms with Crippen LogP contribution in [0.3, 0.4) is 0 Å². The van der Waals surface area contributed by atoms with Crippen LogP contribution in [0.25, 0.3) is 0 Å². The van der Waals surface area contributed by atoms with Crippen LogP contribution in [0.15, 0.2) is 23.1 Å². The molecule has 7 nitrogen and oxygen atoms in total. The fraction of sp³-hybridized carbons (Fsp3) is 0.684. The van der Waals surface area contributed by atoms with Crippen molar-refractivity contribution >= 4 is 10.0 Å². The maximum atomic E-state index is 12.8. The van der Waals surface area contributed by atoms with Crippen molar-refractivity contribution < 1.29 is 22.6 Å². The highest BCUT2D eigenvalue weighted by atomic mass is 32.2. The molecule has 0 unspecified atom stereocenters. The third-order valence-electron chi connectivity index (χ3n) is 4.84. The minimum atomic E-state index is -3.62. The molecule has 0 saturated carbocycles. The van der Waals surface area contributed by atoms with E-state index in [0.29, 0.717) is 50.4 Å². The molecule has 0 aromatic heterocycles. The zero-order valence-corrected chi connectivity index (χ0v) is 17.0. The third kappa shape index (κ3) is 5.57. The molecule has 1 fully saturated rings. The number of hydrogen-bond acceptors (Lipinski definition) is 6. The molecule has 152 valence electrons. The fourth-order valence-electron chi connectivity index (χ4n) is 3.45. The van der Waals surface area contributed by atoms with Gasteiger partial charge in [0.25, 0.3) is 0 Å². The number of fused-ring (bicyclic) bond motifs is 1. The van der Waals surface area contributed by atoms with E-state index < -0.39 is 10.0 Å². The number of hydrogen-bond donors (Lipinski definition) is 1. The first-order chi connectivity index (χ1) is 13.0. The van der Waals surface area contributed by atoms with Crippen LogP contribution in [0, 0.1) is 5.92 Å². The zero-order chi connectivity index (χ0) is 19.3. The van der Waals surface area contributed by atoms with E-state index in [1.165, 1.54) is 0 Å². The largest absolute Gasteiger partial charge is 0.490 e. The average molecular weight is 399 g/mol. The molecule has 0 spiro atoms. The van der Waals surface area contributed by atoms with Gasteiger partial charge in [0.15, 0.2) is 11.5 Å². The van der Waals surface area contributed by atoms with Crippen LogP contribution in [0.1, 0.15) is 26.7 Å². The van der Waals surface area contributed by atoms with Gasteiger partial charge in [-0.2, -0.15) is 0 Å². The van der Waals surface area contributed by atoms with Crippen LogP contribution in [0.5, 0.6) is 11.5 Å². The van der Waals surface area contributed by atoms with Gasteiger partial charge < -0.3 is 14.2 Å². The highest BCUT2D eigenvalue weighted by molar-refractivity contribution is 7.89. The molecular formula is C19H30N2O5S. The van der Waals surface area contributed by atoms with Crippen molar-refractivity contribution in [2.75, 3.05) is 46.1 Å². The van der Waals surface area contributed by atoms with Gasteiger partial charge in [0, 0.05) is 38.2 Å². The van der Waals surface area contributed by atoms with Crippen molar-refractivity contribution in [3.8, 4) is 11.5 Å². The molecular weight excluding hydrogens is 368 g/mol. The molecule has 1 N–H and O–H groups in total. The quantitative estimate of drug-likeness (QED) is 0.756. The molecule has 3 rings (SSSR count). The predicted octanol–water partition coefficient (Wildman–Crippen LogP) is 1.87. The number of morpholine rings is 1. The predicted molar refractivity (Wildman–Crippen MR) is 103 cm³/mol. The second-order valence-electron chi connectivity index (χ2n) is 7.44. The summed E-state index contributed by atoms with van der Waals surface area (Å²) >= 11 is 0. The first-order valence-corrected chi connectivity index (χ1v) is 11.1. The Kier molecular flexibility index (Phi) is 6.97. The Balaban J connectivity index is 1.69. The van der Waals surface area contributed by atoms with Gasteiger partial charge in [-0.1, -0.05) is 13.8 Å². The normalized spacial score (nSPS) is 19.7. The first-order valence-electron chi connectivity index (χ1n) is 9.67. The van der Waals surface area contributed by atoms with Gasteiger partial charge in [-0.25, -0.2) is 13.1 Å². The second-order valence-corrected chi connectivity index (χ2v) is 9.21. The minimum Gasteiger partial charge on any atom is -0.490 e. The van der Waals surface area contributed by atoms with E-state index >= 15 is 0 Å². The summed E-state index contributed by atoms with van der Waals surface area (Å²) in [4.78, 5) is 2.53. The van der Waals surface area contributed by atoms with Gasteiger partial charge in [0.05, 0.1) is 31.3 Å². The maximum Gasteiger partial charge on any atom is 0.240 e. The monoisotopic (exact) mass is 398 g/mol. The van der Waals surface area contributed by atoms with E-state index in [2.05, 4.69) is 23.5 Å². The molecule has 1 aromatic rings. The Morgan fingerprint density at radius 3 is 2.48 bits per heavy atom. The third-order valence-corrected chi connectivity index (χ3v) is 6.27. The topological polar surface area (TPSA) is 77.1 Å². The Morgan fingerprint density at radius 1 is 1.07 bits per heavy atom. The van der Waals surface area contributed by atoms with Gasteiger partial charge in [-0.05, 0) is 24.5 Å². The van der Waals surface area contributed by atoms with Crippen molar-refractivity contribution in [3.05, 3.63) is 18.2 Å². The van der Waals surface area contributed by atoms with Gasteiger partial charge >= 0.3 is 0 Å². The standard InChI is InChI=1S/C19H30N2O5S/c1-15(2)12-16(21-6-10-24-11-7-21)14-20-27(22,23)17-4-5-18-19(13-17)26-9-3-8-25-18/h4-5,13,15-16,20H,3,6-12,14H2,1-2H3/t16-/m1/s1. The number of ether oxygens (including phenoxy) is 3. The van der Waals surface area contributed by atoms with E-state index in [0.717, 1.165) is 25.9 Å². The Hall–Kier alpha value is -1.35. The zero-order valence-electron chi connectivity index (χ0n) is 16.1. The summed E-state index contributed by atoms with van der Waals surface area (Å²) in [6, 6.07) is 4.95. The molecule has 27 heavy (non-hydrogen) atoms. The highest BCUT2D eigenvalue weighted by Gasteiger charge is 2.25. The van der Waals surface area contributed by atoms with Crippen molar-refractivity contribution in [2.24, 2.45) is 5.92 Å². The minimum absolute atomic E-state index is 0.157. The molecule has 1 aromatic carbocycles. The first kappa shape index (κ1) is 20.4. The van der Waals surface area contributed by atoms with Crippen molar-refractivity contribution in [1.29, 1.82) is 0 Å². The lowest BCUT2D eigenvalue weighted by Gasteiger charge is -2.35. The lowest BCUT2D eigenvalue weighted by atomic mass is 10.0. The van der Waals surface area contributed by atoms with Crippen LogP contribution in [0.2, 0.25) is 0 Å². The summed E-state index contributed by atoms with van der Waals surface area (Å²) in [6.07, 6.45) is 1.72. The Bertz CT molecular complexity index is 717. The van der Waals surface area contributed by atoms with Gasteiger partial charge in [-0.15, -0.1) is 0 Å². The molecule has 1 saturated heterocycles. The highest BCUT2D eigenvalue weighted by Crippen LogP contribution is 2.31. The molecule has 0 aliphatic carbocycles.